The highest BCUT2D eigenvalue weighted by molar-refractivity contribution is 5.80. The van der Waals surface area contributed by atoms with Crippen molar-refractivity contribution in [1.82, 2.24) is 5.32 Å². The zero-order valence-electron chi connectivity index (χ0n) is 11.1. The van der Waals surface area contributed by atoms with E-state index in [1.807, 2.05) is 6.07 Å². The third-order valence-corrected chi connectivity index (χ3v) is 2.98. The van der Waals surface area contributed by atoms with E-state index in [0.717, 1.165) is 12.8 Å². The van der Waals surface area contributed by atoms with Crippen molar-refractivity contribution in [2.45, 2.75) is 45.2 Å². The predicted octanol–water partition coefficient (Wildman–Crippen LogP) is 2.12. The van der Waals surface area contributed by atoms with Crippen molar-refractivity contribution < 1.29 is 5.21 Å². The molecule has 0 spiro atoms. The van der Waals surface area contributed by atoms with Crippen LogP contribution in [0.25, 0.3) is 0 Å². The van der Waals surface area contributed by atoms with E-state index in [4.69, 9.17) is 10.9 Å². The van der Waals surface area contributed by atoms with E-state index in [1.165, 1.54) is 5.56 Å². The van der Waals surface area contributed by atoms with Crippen LogP contribution in [0.1, 0.15) is 32.3 Å². The van der Waals surface area contributed by atoms with E-state index >= 15 is 0 Å². The first-order valence-electron chi connectivity index (χ1n) is 6.42. The van der Waals surface area contributed by atoms with Gasteiger partial charge < -0.3 is 16.3 Å². The van der Waals surface area contributed by atoms with Gasteiger partial charge in [0, 0.05) is 18.5 Å². The van der Waals surface area contributed by atoms with Crippen molar-refractivity contribution in [2.75, 3.05) is 0 Å². The third kappa shape index (κ3) is 5.19. The largest absolute Gasteiger partial charge is 0.409 e. The van der Waals surface area contributed by atoms with Crippen LogP contribution in [0.5, 0.6) is 0 Å². The van der Waals surface area contributed by atoms with Crippen LogP contribution in [0, 0.1) is 0 Å². The Kier molecular flexibility index (Phi) is 6.22. The number of hydrogen-bond acceptors (Lipinski definition) is 3. The van der Waals surface area contributed by atoms with E-state index in [1.54, 1.807) is 0 Å². The van der Waals surface area contributed by atoms with Gasteiger partial charge in [-0.2, -0.15) is 0 Å². The molecule has 2 atom stereocenters. The van der Waals surface area contributed by atoms with Crippen LogP contribution in [-0.2, 0) is 6.42 Å². The van der Waals surface area contributed by atoms with Gasteiger partial charge >= 0.3 is 0 Å². The van der Waals surface area contributed by atoms with Crippen LogP contribution >= 0.6 is 0 Å². The van der Waals surface area contributed by atoms with Crippen molar-refractivity contribution in [2.24, 2.45) is 10.9 Å². The summed E-state index contributed by atoms with van der Waals surface area (Å²) in [6, 6.07) is 11.0. The van der Waals surface area contributed by atoms with Crippen LogP contribution < -0.4 is 11.1 Å². The molecule has 1 aromatic carbocycles. The minimum atomic E-state index is 0.250. The number of nitrogens with zero attached hydrogens (tertiary/aromatic N) is 1. The summed E-state index contributed by atoms with van der Waals surface area (Å²) in [4.78, 5) is 0. The molecule has 0 aliphatic rings. The molecule has 0 saturated carbocycles. The van der Waals surface area contributed by atoms with Gasteiger partial charge in [0.15, 0.2) is 0 Å². The molecule has 18 heavy (non-hydrogen) atoms. The molecular weight excluding hydrogens is 226 g/mol. The Labute approximate surface area is 109 Å². The summed E-state index contributed by atoms with van der Waals surface area (Å²) >= 11 is 0. The predicted molar refractivity (Wildman–Crippen MR) is 74.8 cm³/mol. The molecule has 2 unspecified atom stereocenters. The molecule has 0 heterocycles. The van der Waals surface area contributed by atoms with Crippen LogP contribution in [0.4, 0.5) is 0 Å². The van der Waals surface area contributed by atoms with Crippen LogP contribution in [0.15, 0.2) is 35.5 Å². The summed E-state index contributed by atoms with van der Waals surface area (Å²) in [5, 5.41) is 15.1. The summed E-state index contributed by atoms with van der Waals surface area (Å²) in [5.41, 5.74) is 6.85. The lowest BCUT2D eigenvalue weighted by atomic mass is 10.0. The van der Waals surface area contributed by atoms with Crippen molar-refractivity contribution in [3.05, 3.63) is 35.9 Å². The first-order chi connectivity index (χ1) is 8.65. The molecule has 0 saturated heterocycles. The monoisotopic (exact) mass is 249 g/mol. The van der Waals surface area contributed by atoms with E-state index in [9.17, 15) is 0 Å². The molecule has 100 valence electrons. The average molecular weight is 249 g/mol. The number of nitrogens with two attached hydrogens (primary N) is 1. The zero-order valence-corrected chi connectivity index (χ0v) is 11.1. The van der Waals surface area contributed by atoms with E-state index in [2.05, 4.69) is 48.6 Å². The summed E-state index contributed by atoms with van der Waals surface area (Å²) in [7, 11) is 0. The molecule has 0 aliphatic carbocycles. The number of hydrogen-bond donors (Lipinski definition) is 3. The molecule has 4 N–H and O–H groups in total. The van der Waals surface area contributed by atoms with Crippen LogP contribution in [-0.4, -0.2) is 23.1 Å². The Hall–Kier alpha value is -1.55. The second-order valence-electron chi connectivity index (χ2n) is 4.66. The molecule has 0 aliphatic heterocycles. The molecule has 0 amide bonds. The molecule has 0 aromatic heterocycles. The fourth-order valence-electron chi connectivity index (χ4n) is 2.04. The number of oxime groups is 1. The topological polar surface area (TPSA) is 70.6 Å². The molecule has 0 bridgehead atoms. The van der Waals surface area contributed by atoms with Crippen molar-refractivity contribution in [3.63, 3.8) is 0 Å². The Bertz CT molecular complexity index is 365. The SMILES string of the molecule is CCC(C/C(N)=N/O)NC(C)Cc1ccccc1. The smallest absolute Gasteiger partial charge is 0.140 e. The molecule has 4 heteroatoms. The maximum absolute atomic E-state index is 8.58. The Balaban J connectivity index is 2.44. The molecule has 1 aromatic rings. The van der Waals surface area contributed by atoms with Crippen molar-refractivity contribution >= 4 is 5.84 Å². The van der Waals surface area contributed by atoms with Crippen LogP contribution in [0.2, 0.25) is 0 Å². The van der Waals surface area contributed by atoms with Crippen molar-refractivity contribution in [1.29, 1.82) is 0 Å². The lowest BCUT2D eigenvalue weighted by molar-refractivity contribution is 0.314. The fourth-order valence-corrected chi connectivity index (χ4v) is 2.04. The number of rotatable bonds is 7. The summed E-state index contributed by atoms with van der Waals surface area (Å²) < 4.78 is 0. The average Bonchev–Trinajstić information content (AvgIpc) is 2.38. The highest BCUT2D eigenvalue weighted by Crippen LogP contribution is 2.06. The first kappa shape index (κ1) is 14.5. The number of benzene rings is 1. The first-order valence-corrected chi connectivity index (χ1v) is 6.42. The molecule has 4 nitrogen and oxygen atoms in total. The Morgan fingerprint density at radius 3 is 2.61 bits per heavy atom. The molecule has 0 fully saturated rings. The van der Waals surface area contributed by atoms with Gasteiger partial charge in [0.05, 0.1) is 0 Å². The Morgan fingerprint density at radius 1 is 1.39 bits per heavy atom. The van der Waals surface area contributed by atoms with E-state index < -0.39 is 0 Å². The summed E-state index contributed by atoms with van der Waals surface area (Å²) in [5.74, 6) is 0.279. The lowest BCUT2D eigenvalue weighted by Gasteiger charge is -2.22. The summed E-state index contributed by atoms with van der Waals surface area (Å²) in [6.07, 6.45) is 2.51. The van der Waals surface area contributed by atoms with Gasteiger partial charge in [-0.1, -0.05) is 42.4 Å². The van der Waals surface area contributed by atoms with Gasteiger partial charge in [-0.15, -0.1) is 0 Å². The number of nitrogens with one attached hydrogen (secondary N) is 1. The molecular formula is C14H23N3O. The molecule has 0 radical (unpaired) electrons. The second kappa shape index (κ2) is 7.71. The fraction of sp³-hybridized carbons (Fsp3) is 0.500. The maximum Gasteiger partial charge on any atom is 0.140 e. The second-order valence-corrected chi connectivity index (χ2v) is 4.66. The van der Waals surface area contributed by atoms with Gasteiger partial charge in [-0.05, 0) is 25.3 Å². The maximum atomic E-state index is 8.58. The van der Waals surface area contributed by atoms with Gasteiger partial charge in [0.25, 0.3) is 0 Å². The van der Waals surface area contributed by atoms with Gasteiger partial charge in [-0.25, -0.2) is 0 Å². The lowest BCUT2D eigenvalue weighted by Crippen LogP contribution is -2.39. The van der Waals surface area contributed by atoms with E-state index in [0.29, 0.717) is 12.5 Å². The minimum Gasteiger partial charge on any atom is -0.409 e. The van der Waals surface area contributed by atoms with Gasteiger partial charge in [0.2, 0.25) is 0 Å². The minimum absolute atomic E-state index is 0.250. The molecule has 1 rings (SSSR count). The highest BCUT2D eigenvalue weighted by Gasteiger charge is 2.12. The third-order valence-electron chi connectivity index (χ3n) is 2.98. The van der Waals surface area contributed by atoms with E-state index in [-0.39, 0.29) is 11.9 Å². The standard InChI is InChI=1S/C14H23N3O/c1-3-13(10-14(15)17-18)16-11(2)9-12-7-5-4-6-8-12/h4-8,11,13,16,18H,3,9-10H2,1-2H3,(H2,15,17). The number of amidine groups is 1. The quantitative estimate of drug-likeness (QED) is 0.300. The van der Waals surface area contributed by atoms with Gasteiger partial charge in [0.1, 0.15) is 5.84 Å². The Morgan fingerprint density at radius 2 is 2.06 bits per heavy atom. The van der Waals surface area contributed by atoms with Gasteiger partial charge in [-0.3, -0.25) is 0 Å². The van der Waals surface area contributed by atoms with Crippen LogP contribution in [0.3, 0.4) is 0 Å². The summed E-state index contributed by atoms with van der Waals surface area (Å²) in [6.45, 7) is 4.25. The normalized spacial score (nSPS) is 15.3. The zero-order chi connectivity index (χ0) is 13.4. The van der Waals surface area contributed by atoms with Crippen molar-refractivity contribution in [3.8, 4) is 0 Å². The highest BCUT2D eigenvalue weighted by atomic mass is 16.4.